The quantitative estimate of drug-likeness (QED) is 0.773. The summed E-state index contributed by atoms with van der Waals surface area (Å²) in [5, 5.41) is 0.248. The molecule has 1 aromatic carbocycles. The largest absolute Gasteiger partial charge is 0.483 e. The summed E-state index contributed by atoms with van der Waals surface area (Å²) in [7, 11) is 0. The maximum atomic E-state index is 12.1. The van der Waals surface area contributed by atoms with E-state index in [1.54, 1.807) is 22.4 Å². The second kappa shape index (κ2) is 7.05. The number of ether oxygens (including phenoxy) is 1. The second-order valence-electron chi connectivity index (χ2n) is 4.64. The van der Waals surface area contributed by atoms with Crippen LogP contribution in [0.15, 0.2) is 35.1 Å². The molecule has 0 unspecified atom stereocenters. The van der Waals surface area contributed by atoms with E-state index >= 15 is 0 Å². The van der Waals surface area contributed by atoms with Crippen LogP contribution in [0.1, 0.15) is 12.5 Å². The van der Waals surface area contributed by atoms with Crippen molar-refractivity contribution in [3.8, 4) is 17.0 Å². The van der Waals surface area contributed by atoms with E-state index in [4.69, 9.17) is 16.3 Å². The Bertz CT molecular complexity index is 697. The molecule has 0 radical (unpaired) electrons. The lowest BCUT2D eigenvalue weighted by Gasteiger charge is -2.14. The van der Waals surface area contributed by atoms with E-state index in [1.807, 2.05) is 44.4 Å². The minimum absolute atomic E-state index is 0.154. The topological polar surface area (TPSA) is 31.2 Å². The zero-order valence-corrected chi connectivity index (χ0v) is 13.9. The number of thioether (sulfide) groups is 1. The van der Waals surface area contributed by atoms with E-state index in [1.165, 1.54) is 0 Å². The van der Waals surface area contributed by atoms with Gasteiger partial charge in [0, 0.05) is 12.1 Å². The summed E-state index contributed by atoms with van der Waals surface area (Å²) >= 11 is 7.55. The molecule has 0 amide bonds. The number of halogens is 1. The fourth-order valence-electron chi connectivity index (χ4n) is 2.24. The molecule has 1 heterocycles. The number of nitrogens with zero attached hydrogens (tertiary/aromatic N) is 1. The van der Waals surface area contributed by atoms with Crippen molar-refractivity contribution in [1.29, 1.82) is 0 Å². The van der Waals surface area contributed by atoms with Crippen LogP contribution in [0.4, 0.5) is 0 Å². The summed E-state index contributed by atoms with van der Waals surface area (Å²) in [6.45, 7) is 4.53. The van der Waals surface area contributed by atoms with Gasteiger partial charge in [-0.25, -0.2) is 0 Å². The number of hydrogen-bond acceptors (Lipinski definition) is 3. The van der Waals surface area contributed by atoms with Crippen molar-refractivity contribution in [2.75, 3.05) is 12.2 Å². The third kappa shape index (κ3) is 3.44. The highest BCUT2D eigenvalue weighted by molar-refractivity contribution is 7.98. The van der Waals surface area contributed by atoms with Crippen molar-refractivity contribution < 1.29 is 4.74 Å². The summed E-state index contributed by atoms with van der Waals surface area (Å²) in [5.74, 6) is 1.46. The highest BCUT2D eigenvalue weighted by Gasteiger charge is 2.11. The first kappa shape index (κ1) is 16.0. The third-order valence-corrected chi connectivity index (χ3v) is 3.90. The van der Waals surface area contributed by atoms with Gasteiger partial charge >= 0.3 is 0 Å². The Morgan fingerprint density at radius 1 is 1.29 bits per heavy atom. The van der Waals surface area contributed by atoms with Gasteiger partial charge in [-0.05, 0) is 56.0 Å². The standard InChI is InChI=1S/C16H18ClNO2S/c1-4-18-15(8-7-14(17)16(18)19)13-6-5-12(9-11(13)2)20-10-21-3/h5-9H,4,10H2,1-3H3. The smallest absolute Gasteiger partial charge is 0.269 e. The van der Waals surface area contributed by atoms with Crippen molar-refractivity contribution in [1.82, 2.24) is 4.57 Å². The van der Waals surface area contributed by atoms with E-state index in [0.29, 0.717) is 12.5 Å². The fourth-order valence-corrected chi connectivity index (χ4v) is 2.66. The fraction of sp³-hybridized carbons (Fsp3) is 0.312. The van der Waals surface area contributed by atoms with Crippen LogP contribution in [-0.2, 0) is 6.54 Å². The summed E-state index contributed by atoms with van der Waals surface area (Å²) in [5.41, 5.74) is 2.80. The molecule has 5 heteroatoms. The lowest BCUT2D eigenvalue weighted by atomic mass is 10.0. The Labute approximate surface area is 133 Å². The van der Waals surface area contributed by atoms with Crippen molar-refractivity contribution in [2.45, 2.75) is 20.4 Å². The van der Waals surface area contributed by atoms with Gasteiger partial charge in [0.05, 0.1) is 5.69 Å². The minimum atomic E-state index is -0.154. The molecule has 0 saturated carbocycles. The Hall–Kier alpha value is -1.39. The van der Waals surface area contributed by atoms with Crippen molar-refractivity contribution in [2.24, 2.45) is 0 Å². The monoisotopic (exact) mass is 323 g/mol. The van der Waals surface area contributed by atoms with Crippen molar-refractivity contribution >= 4 is 23.4 Å². The molecule has 0 spiro atoms. The van der Waals surface area contributed by atoms with Crippen LogP contribution in [0.25, 0.3) is 11.3 Å². The molecule has 0 bridgehead atoms. The van der Waals surface area contributed by atoms with Crippen molar-refractivity contribution in [3.63, 3.8) is 0 Å². The minimum Gasteiger partial charge on any atom is -0.483 e. The Kier molecular flexibility index (Phi) is 5.37. The third-order valence-electron chi connectivity index (χ3n) is 3.26. The van der Waals surface area contributed by atoms with E-state index in [9.17, 15) is 4.79 Å². The number of aryl methyl sites for hydroxylation is 1. The van der Waals surface area contributed by atoms with Crippen LogP contribution in [-0.4, -0.2) is 16.8 Å². The Morgan fingerprint density at radius 3 is 2.67 bits per heavy atom. The van der Waals surface area contributed by atoms with Crippen LogP contribution in [0.2, 0.25) is 5.02 Å². The molecule has 112 valence electrons. The highest BCUT2D eigenvalue weighted by atomic mass is 35.5. The van der Waals surface area contributed by atoms with Gasteiger partial charge in [0.2, 0.25) is 0 Å². The van der Waals surface area contributed by atoms with Crippen LogP contribution in [0, 0.1) is 6.92 Å². The molecule has 21 heavy (non-hydrogen) atoms. The van der Waals surface area contributed by atoms with Crippen LogP contribution in [0.5, 0.6) is 5.75 Å². The first-order chi connectivity index (χ1) is 10.1. The van der Waals surface area contributed by atoms with Crippen molar-refractivity contribution in [3.05, 3.63) is 51.3 Å². The van der Waals surface area contributed by atoms with Crippen LogP contribution < -0.4 is 10.3 Å². The zero-order chi connectivity index (χ0) is 15.4. The molecule has 1 aromatic heterocycles. The van der Waals surface area contributed by atoms with Gasteiger partial charge in [0.15, 0.2) is 0 Å². The van der Waals surface area contributed by atoms with Crippen LogP contribution >= 0.6 is 23.4 Å². The lowest BCUT2D eigenvalue weighted by molar-refractivity contribution is 0.393. The summed E-state index contributed by atoms with van der Waals surface area (Å²) < 4.78 is 7.29. The van der Waals surface area contributed by atoms with Gasteiger partial charge < -0.3 is 9.30 Å². The number of benzene rings is 1. The molecule has 0 atom stereocenters. The molecule has 0 N–H and O–H groups in total. The van der Waals surface area contributed by atoms with E-state index in [-0.39, 0.29) is 10.6 Å². The summed E-state index contributed by atoms with van der Waals surface area (Å²) in [6, 6.07) is 9.45. The Morgan fingerprint density at radius 2 is 2.05 bits per heavy atom. The summed E-state index contributed by atoms with van der Waals surface area (Å²) in [6.07, 6.45) is 1.99. The maximum absolute atomic E-state index is 12.1. The molecular formula is C16H18ClNO2S. The number of hydrogen-bond donors (Lipinski definition) is 0. The predicted octanol–water partition coefficient (Wildman–Crippen LogP) is 4.20. The SMILES string of the molecule is CCn1c(-c2ccc(OCSC)cc2C)ccc(Cl)c1=O. The van der Waals surface area contributed by atoms with E-state index in [0.717, 1.165) is 22.6 Å². The van der Waals surface area contributed by atoms with E-state index < -0.39 is 0 Å². The molecule has 0 aliphatic rings. The number of pyridine rings is 1. The molecule has 0 saturated heterocycles. The molecule has 0 fully saturated rings. The zero-order valence-electron chi connectivity index (χ0n) is 12.4. The first-order valence-electron chi connectivity index (χ1n) is 6.70. The Balaban J connectivity index is 2.48. The molecule has 0 aliphatic carbocycles. The molecule has 2 rings (SSSR count). The van der Waals surface area contributed by atoms with Crippen LogP contribution in [0.3, 0.4) is 0 Å². The maximum Gasteiger partial charge on any atom is 0.269 e. The van der Waals surface area contributed by atoms with Gasteiger partial charge in [-0.3, -0.25) is 4.79 Å². The molecular weight excluding hydrogens is 306 g/mol. The predicted molar refractivity (Wildman–Crippen MR) is 90.6 cm³/mol. The van der Waals surface area contributed by atoms with E-state index in [2.05, 4.69) is 0 Å². The lowest BCUT2D eigenvalue weighted by Crippen LogP contribution is -2.21. The highest BCUT2D eigenvalue weighted by Crippen LogP contribution is 2.27. The van der Waals surface area contributed by atoms with Gasteiger partial charge in [-0.1, -0.05) is 11.6 Å². The van der Waals surface area contributed by atoms with Gasteiger partial charge in [0.25, 0.3) is 5.56 Å². The molecule has 2 aromatic rings. The average molecular weight is 324 g/mol. The second-order valence-corrected chi connectivity index (χ2v) is 5.86. The average Bonchev–Trinajstić information content (AvgIpc) is 2.48. The number of aromatic nitrogens is 1. The molecule has 3 nitrogen and oxygen atoms in total. The first-order valence-corrected chi connectivity index (χ1v) is 8.47. The van der Waals surface area contributed by atoms with Gasteiger partial charge in [0.1, 0.15) is 16.7 Å². The molecule has 0 aliphatic heterocycles. The normalized spacial score (nSPS) is 10.7. The number of rotatable bonds is 5. The summed E-state index contributed by atoms with van der Waals surface area (Å²) in [4.78, 5) is 12.1. The van der Waals surface area contributed by atoms with Gasteiger partial charge in [-0.15, -0.1) is 11.8 Å². The van der Waals surface area contributed by atoms with Gasteiger partial charge in [-0.2, -0.15) is 0 Å².